The summed E-state index contributed by atoms with van der Waals surface area (Å²) in [5, 5.41) is 22.9. The third-order valence-corrected chi connectivity index (χ3v) is 3.70. The van der Waals surface area contributed by atoms with E-state index >= 15 is 0 Å². The maximum absolute atomic E-state index is 12.4. The predicted octanol–water partition coefficient (Wildman–Crippen LogP) is 1.80. The lowest BCUT2D eigenvalue weighted by atomic mass is 10.2. The minimum Gasteiger partial charge on any atom is -0.337 e. The number of hydrogen-bond donors (Lipinski definition) is 0. The summed E-state index contributed by atoms with van der Waals surface area (Å²) in [4.78, 5) is 27.0. The van der Waals surface area contributed by atoms with Crippen LogP contribution >= 0.6 is 0 Å². The molecule has 0 spiro atoms. The van der Waals surface area contributed by atoms with Crippen LogP contribution in [0.4, 0.5) is 5.69 Å². The Morgan fingerprint density at radius 3 is 2.85 bits per heavy atom. The second-order valence-corrected chi connectivity index (χ2v) is 5.39. The van der Waals surface area contributed by atoms with Crippen LogP contribution in [-0.2, 0) is 6.54 Å². The van der Waals surface area contributed by atoms with E-state index in [2.05, 4.69) is 20.5 Å². The van der Waals surface area contributed by atoms with Gasteiger partial charge in [-0.25, -0.2) is 4.68 Å². The number of nitro groups is 1. The Kier molecular flexibility index (Phi) is 3.69. The molecule has 0 saturated heterocycles. The van der Waals surface area contributed by atoms with Gasteiger partial charge in [-0.1, -0.05) is 34.6 Å². The van der Waals surface area contributed by atoms with E-state index in [1.807, 2.05) is 0 Å². The average molecular weight is 350 g/mol. The molecule has 26 heavy (non-hydrogen) atoms. The summed E-state index contributed by atoms with van der Waals surface area (Å²) in [5.74, 6) is 0.323. The van der Waals surface area contributed by atoms with Crippen LogP contribution in [0.15, 0.2) is 57.8 Å². The molecule has 4 aromatic rings. The van der Waals surface area contributed by atoms with Crippen molar-refractivity contribution in [3.05, 3.63) is 74.9 Å². The molecule has 0 fully saturated rings. The van der Waals surface area contributed by atoms with Gasteiger partial charge in [0.15, 0.2) is 0 Å². The zero-order valence-corrected chi connectivity index (χ0v) is 13.1. The normalized spacial score (nSPS) is 10.9. The van der Waals surface area contributed by atoms with Gasteiger partial charge in [-0.3, -0.25) is 14.9 Å². The van der Waals surface area contributed by atoms with Gasteiger partial charge in [-0.05, 0) is 12.1 Å². The highest BCUT2D eigenvalue weighted by Crippen LogP contribution is 2.21. The molecule has 128 valence electrons. The topological polar surface area (TPSA) is 130 Å². The highest BCUT2D eigenvalue weighted by molar-refractivity contribution is 5.76. The third-order valence-electron chi connectivity index (χ3n) is 3.70. The Balaban J connectivity index is 1.65. The molecule has 2 aromatic heterocycles. The molecule has 10 nitrogen and oxygen atoms in total. The Morgan fingerprint density at radius 1 is 1.15 bits per heavy atom. The molecular formula is C16H10N6O4. The minimum absolute atomic E-state index is 0.0569. The van der Waals surface area contributed by atoms with Crippen molar-refractivity contribution in [3.8, 4) is 11.4 Å². The molecule has 2 aromatic carbocycles. The van der Waals surface area contributed by atoms with Crippen LogP contribution in [0.3, 0.4) is 0 Å². The van der Waals surface area contributed by atoms with Crippen molar-refractivity contribution >= 4 is 16.6 Å². The lowest BCUT2D eigenvalue weighted by Crippen LogP contribution is -2.24. The van der Waals surface area contributed by atoms with E-state index in [0.29, 0.717) is 16.5 Å². The minimum atomic E-state index is -0.505. The average Bonchev–Trinajstić information content (AvgIpc) is 3.13. The summed E-state index contributed by atoms with van der Waals surface area (Å²) in [6, 6.07) is 12.7. The molecule has 0 radical (unpaired) electrons. The fourth-order valence-corrected chi connectivity index (χ4v) is 2.45. The van der Waals surface area contributed by atoms with Gasteiger partial charge in [-0.15, -0.1) is 5.10 Å². The summed E-state index contributed by atoms with van der Waals surface area (Å²) in [6.45, 7) is -0.0569. The quantitative estimate of drug-likeness (QED) is 0.402. The van der Waals surface area contributed by atoms with Crippen molar-refractivity contribution in [2.45, 2.75) is 6.54 Å². The highest BCUT2D eigenvalue weighted by atomic mass is 16.6. The largest absolute Gasteiger partial charge is 0.337 e. The molecule has 0 aliphatic rings. The van der Waals surface area contributed by atoms with Gasteiger partial charge in [0, 0.05) is 17.7 Å². The van der Waals surface area contributed by atoms with Crippen LogP contribution in [0.2, 0.25) is 0 Å². The zero-order chi connectivity index (χ0) is 18.1. The Bertz CT molecular complexity index is 1180. The van der Waals surface area contributed by atoms with Crippen LogP contribution in [0.25, 0.3) is 22.3 Å². The van der Waals surface area contributed by atoms with Crippen LogP contribution in [0.5, 0.6) is 0 Å². The van der Waals surface area contributed by atoms with Crippen LogP contribution in [0, 0.1) is 10.1 Å². The smallest absolute Gasteiger partial charge is 0.278 e. The molecule has 0 atom stereocenters. The molecule has 0 saturated carbocycles. The number of nitro benzene ring substituents is 1. The van der Waals surface area contributed by atoms with E-state index in [4.69, 9.17) is 4.52 Å². The van der Waals surface area contributed by atoms with Gasteiger partial charge >= 0.3 is 0 Å². The van der Waals surface area contributed by atoms with Gasteiger partial charge < -0.3 is 4.52 Å². The number of benzene rings is 2. The van der Waals surface area contributed by atoms with Crippen molar-refractivity contribution in [2.24, 2.45) is 0 Å². The fraction of sp³-hybridized carbons (Fsp3) is 0.0625. The van der Waals surface area contributed by atoms with Gasteiger partial charge in [0.25, 0.3) is 11.2 Å². The van der Waals surface area contributed by atoms with Crippen LogP contribution in [0.1, 0.15) is 5.89 Å². The molecule has 4 rings (SSSR count). The van der Waals surface area contributed by atoms with E-state index in [1.54, 1.807) is 30.3 Å². The first kappa shape index (κ1) is 15.6. The van der Waals surface area contributed by atoms with Crippen molar-refractivity contribution in [3.63, 3.8) is 0 Å². The first-order valence-corrected chi connectivity index (χ1v) is 7.52. The molecule has 0 aliphatic heterocycles. The van der Waals surface area contributed by atoms with Crippen molar-refractivity contribution in [2.75, 3.05) is 0 Å². The van der Waals surface area contributed by atoms with Crippen LogP contribution < -0.4 is 5.56 Å². The number of aromatic nitrogens is 5. The second-order valence-electron chi connectivity index (χ2n) is 5.39. The maximum atomic E-state index is 12.4. The molecule has 0 N–H and O–H groups in total. The van der Waals surface area contributed by atoms with Crippen LogP contribution in [-0.4, -0.2) is 30.1 Å². The van der Waals surface area contributed by atoms with E-state index in [1.165, 1.54) is 18.2 Å². The van der Waals surface area contributed by atoms with Gasteiger partial charge in [-0.2, -0.15) is 4.98 Å². The zero-order valence-electron chi connectivity index (χ0n) is 13.1. The van der Waals surface area contributed by atoms with E-state index < -0.39 is 4.92 Å². The number of nitrogens with zero attached hydrogens (tertiary/aromatic N) is 6. The van der Waals surface area contributed by atoms with Crippen molar-refractivity contribution < 1.29 is 9.45 Å². The summed E-state index contributed by atoms with van der Waals surface area (Å²) >= 11 is 0. The lowest BCUT2D eigenvalue weighted by Gasteiger charge is -2.01. The van der Waals surface area contributed by atoms with Gasteiger partial charge in [0.05, 0.1) is 10.3 Å². The second kappa shape index (κ2) is 6.16. The Labute approximate surface area is 144 Å². The van der Waals surface area contributed by atoms with Crippen molar-refractivity contribution in [1.82, 2.24) is 25.1 Å². The Hall–Kier alpha value is -3.95. The number of rotatable bonds is 4. The summed E-state index contributed by atoms with van der Waals surface area (Å²) < 4.78 is 6.25. The molecule has 0 unspecified atom stereocenters. The standard InChI is InChI=1S/C16H10N6O4/c23-16-12-6-1-2-7-13(12)18-20-21(16)9-14-17-15(19-26-14)10-4-3-5-11(8-10)22(24)25/h1-8H,9H2. The summed E-state index contributed by atoms with van der Waals surface area (Å²) in [6.07, 6.45) is 0. The lowest BCUT2D eigenvalue weighted by molar-refractivity contribution is -0.384. The van der Waals surface area contributed by atoms with Crippen molar-refractivity contribution in [1.29, 1.82) is 0 Å². The highest BCUT2D eigenvalue weighted by Gasteiger charge is 2.14. The number of fused-ring (bicyclic) bond motifs is 1. The molecule has 2 heterocycles. The fourth-order valence-electron chi connectivity index (χ4n) is 2.45. The monoisotopic (exact) mass is 350 g/mol. The molecule has 10 heteroatoms. The predicted molar refractivity (Wildman–Crippen MR) is 89.3 cm³/mol. The van der Waals surface area contributed by atoms with E-state index in [0.717, 1.165) is 4.68 Å². The number of hydrogen-bond acceptors (Lipinski definition) is 8. The molecule has 0 aliphatic carbocycles. The molecule has 0 bridgehead atoms. The van der Waals surface area contributed by atoms with E-state index in [9.17, 15) is 14.9 Å². The Morgan fingerprint density at radius 2 is 2.00 bits per heavy atom. The summed E-state index contributed by atoms with van der Waals surface area (Å²) in [5.41, 5.74) is 0.527. The first-order chi connectivity index (χ1) is 12.6. The van der Waals surface area contributed by atoms with Gasteiger partial charge in [0.2, 0.25) is 11.7 Å². The maximum Gasteiger partial charge on any atom is 0.278 e. The molecule has 0 amide bonds. The molecular weight excluding hydrogens is 340 g/mol. The third kappa shape index (κ3) is 2.79. The SMILES string of the molecule is O=c1c2ccccc2nnn1Cc1nc(-c2cccc([N+](=O)[O-])c2)no1. The first-order valence-electron chi connectivity index (χ1n) is 7.52. The number of non-ortho nitro benzene ring substituents is 1. The summed E-state index contributed by atoms with van der Waals surface area (Å²) in [7, 11) is 0. The van der Waals surface area contributed by atoms with Gasteiger partial charge in [0.1, 0.15) is 12.1 Å². The van der Waals surface area contributed by atoms with E-state index in [-0.39, 0.29) is 29.5 Å².